The largest absolute Gasteiger partial charge is 0.419 e. The minimum Gasteiger partial charge on any atom is -0.419 e. The van der Waals surface area contributed by atoms with E-state index in [1.807, 2.05) is 13.8 Å². The van der Waals surface area contributed by atoms with E-state index in [9.17, 15) is 0 Å². The summed E-state index contributed by atoms with van der Waals surface area (Å²) in [5, 5.41) is 7.80. The molecule has 68 valence electrons. The molecule has 0 spiro atoms. The molecular weight excluding hydrogens is 168 g/mol. The van der Waals surface area contributed by atoms with Crippen LogP contribution in [-0.4, -0.2) is 20.2 Å². The quantitative estimate of drug-likeness (QED) is 0.758. The molecule has 13 heavy (non-hydrogen) atoms. The van der Waals surface area contributed by atoms with Crippen LogP contribution >= 0.6 is 0 Å². The molecule has 0 fully saturated rings. The molecule has 0 bridgehead atoms. The van der Waals surface area contributed by atoms with E-state index in [2.05, 4.69) is 20.2 Å². The lowest BCUT2D eigenvalue weighted by Gasteiger charge is -1.93. The summed E-state index contributed by atoms with van der Waals surface area (Å²) in [6, 6.07) is 0. The van der Waals surface area contributed by atoms with Crippen molar-refractivity contribution in [3.8, 4) is 11.6 Å². The fraction of sp³-hybridized carbons (Fsp3) is 0.375. The van der Waals surface area contributed by atoms with Crippen LogP contribution in [0, 0.1) is 0 Å². The van der Waals surface area contributed by atoms with E-state index in [4.69, 9.17) is 4.42 Å². The third-order valence-electron chi connectivity index (χ3n) is 1.66. The summed E-state index contributed by atoms with van der Waals surface area (Å²) in [5.41, 5.74) is 0.749. The molecule has 2 aromatic heterocycles. The molecule has 0 amide bonds. The highest BCUT2D eigenvalue weighted by Gasteiger charge is 2.11. The highest BCUT2D eigenvalue weighted by Crippen LogP contribution is 2.18. The topological polar surface area (TPSA) is 67.6 Å². The van der Waals surface area contributed by atoms with Gasteiger partial charge in [0.2, 0.25) is 5.89 Å². The summed E-state index contributed by atoms with van der Waals surface area (Å²) < 4.78 is 5.40. The summed E-state index contributed by atoms with van der Waals surface area (Å²) >= 11 is 0. The first kappa shape index (κ1) is 7.97. The molecular formula is C8H10N4O. The molecule has 0 radical (unpaired) electrons. The Kier molecular flexibility index (Phi) is 1.84. The lowest BCUT2D eigenvalue weighted by atomic mass is 10.2. The van der Waals surface area contributed by atoms with Crippen LogP contribution in [0.15, 0.2) is 16.9 Å². The molecule has 0 aromatic carbocycles. The zero-order valence-corrected chi connectivity index (χ0v) is 7.48. The normalized spacial score (nSPS) is 11.0. The van der Waals surface area contributed by atoms with Crippen molar-refractivity contribution in [2.45, 2.75) is 19.8 Å². The number of H-pyrrole nitrogens is 1. The number of imidazole rings is 1. The fourth-order valence-corrected chi connectivity index (χ4v) is 0.950. The maximum atomic E-state index is 5.40. The molecule has 0 aliphatic rings. The number of aromatic nitrogens is 4. The van der Waals surface area contributed by atoms with Gasteiger partial charge in [0.05, 0.1) is 12.5 Å². The van der Waals surface area contributed by atoms with Crippen LogP contribution in [0.25, 0.3) is 11.6 Å². The first-order chi connectivity index (χ1) is 6.27. The van der Waals surface area contributed by atoms with Crippen molar-refractivity contribution < 1.29 is 4.42 Å². The summed E-state index contributed by atoms with van der Waals surface area (Å²) in [4.78, 5) is 6.77. The molecule has 0 saturated carbocycles. The van der Waals surface area contributed by atoms with Gasteiger partial charge in [-0.3, -0.25) is 0 Å². The first-order valence-electron chi connectivity index (χ1n) is 4.09. The van der Waals surface area contributed by atoms with Crippen LogP contribution in [0.5, 0.6) is 0 Å². The Morgan fingerprint density at radius 3 is 2.77 bits per heavy atom. The second kappa shape index (κ2) is 3.01. The molecule has 5 nitrogen and oxygen atoms in total. The highest BCUT2D eigenvalue weighted by atomic mass is 16.4. The number of hydrogen-bond acceptors (Lipinski definition) is 4. The first-order valence-corrected chi connectivity index (χ1v) is 4.09. The maximum Gasteiger partial charge on any atom is 0.265 e. The van der Waals surface area contributed by atoms with Crippen LogP contribution in [0.4, 0.5) is 0 Å². The van der Waals surface area contributed by atoms with Crippen molar-refractivity contribution in [3.05, 3.63) is 18.4 Å². The molecule has 2 aromatic rings. The molecule has 0 unspecified atom stereocenters. The van der Waals surface area contributed by atoms with E-state index in [1.165, 1.54) is 0 Å². The zero-order chi connectivity index (χ0) is 9.26. The van der Waals surface area contributed by atoms with Gasteiger partial charge in [-0.25, -0.2) is 4.98 Å². The molecule has 5 heteroatoms. The average molecular weight is 178 g/mol. The zero-order valence-electron chi connectivity index (χ0n) is 7.48. The molecule has 2 rings (SSSR count). The molecule has 2 heterocycles. The Bertz CT molecular complexity index is 377. The van der Waals surface area contributed by atoms with Crippen molar-refractivity contribution in [1.82, 2.24) is 20.2 Å². The fourth-order valence-electron chi connectivity index (χ4n) is 0.950. The van der Waals surface area contributed by atoms with Gasteiger partial charge in [-0.15, -0.1) is 10.2 Å². The van der Waals surface area contributed by atoms with Crippen LogP contribution < -0.4 is 0 Å². The Labute approximate surface area is 75.2 Å². The monoisotopic (exact) mass is 178 g/mol. The summed E-state index contributed by atoms with van der Waals surface area (Å²) in [6.07, 6.45) is 3.23. The number of hydrogen-bond donors (Lipinski definition) is 1. The number of nitrogens with one attached hydrogen (secondary N) is 1. The van der Waals surface area contributed by atoms with Gasteiger partial charge in [0.15, 0.2) is 0 Å². The van der Waals surface area contributed by atoms with E-state index in [0.29, 0.717) is 11.8 Å². The maximum absolute atomic E-state index is 5.40. The van der Waals surface area contributed by atoms with E-state index in [0.717, 1.165) is 5.69 Å². The van der Waals surface area contributed by atoms with Gasteiger partial charge in [-0.1, -0.05) is 13.8 Å². The van der Waals surface area contributed by atoms with E-state index >= 15 is 0 Å². The molecule has 0 atom stereocenters. The molecule has 0 saturated heterocycles. The Hall–Kier alpha value is -1.65. The van der Waals surface area contributed by atoms with E-state index in [-0.39, 0.29) is 5.92 Å². The van der Waals surface area contributed by atoms with Crippen LogP contribution in [0.1, 0.15) is 25.7 Å². The second-order valence-corrected chi connectivity index (χ2v) is 3.07. The minimum absolute atomic E-state index is 0.254. The van der Waals surface area contributed by atoms with Crippen molar-refractivity contribution in [3.63, 3.8) is 0 Å². The number of rotatable bonds is 2. The minimum atomic E-state index is 0.254. The summed E-state index contributed by atoms with van der Waals surface area (Å²) in [5.74, 6) is 1.38. The van der Waals surface area contributed by atoms with Gasteiger partial charge in [0.1, 0.15) is 5.69 Å². The number of nitrogens with zero attached hydrogens (tertiary/aromatic N) is 3. The van der Waals surface area contributed by atoms with Crippen LogP contribution in [-0.2, 0) is 0 Å². The van der Waals surface area contributed by atoms with Crippen LogP contribution in [0.2, 0.25) is 0 Å². The van der Waals surface area contributed by atoms with E-state index < -0.39 is 0 Å². The van der Waals surface area contributed by atoms with Crippen LogP contribution in [0.3, 0.4) is 0 Å². The molecule has 0 aliphatic heterocycles. The van der Waals surface area contributed by atoms with Crippen molar-refractivity contribution in [2.75, 3.05) is 0 Å². The SMILES string of the molecule is CC(C)c1nnc(-c2cnc[nH]2)o1. The van der Waals surface area contributed by atoms with Crippen molar-refractivity contribution in [2.24, 2.45) is 0 Å². The Morgan fingerprint density at radius 1 is 1.38 bits per heavy atom. The third-order valence-corrected chi connectivity index (χ3v) is 1.66. The summed E-state index contributed by atoms with van der Waals surface area (Å²) in [7, 11) is 0. The van der Waals surface area contributed by atoms with Gasteiger partial charge in [-0.2, -0.15) is 0 Å². The van der Waals surface area contributed by atoms with Gasteiger partial charge >= 0.3 is 0 Å². The third kappa shape index (κ3) is 1.44. The van der Waals surface area contributed by atoms with Gasteiger partial charge in [0.25, 0.3) is 5.89 Å². The lowest BCUT2D eigenvalue weighted by Crippen LogP contribution is -1.85. The average Bonchev–Trinajstić information content (AvgIpc) is 2.75. The van der Waals surface area contributed by atoms with Gasteiger partial charge in [-0.05, 0) is 0 Å². The Balaban J connectivity index is 2.33. The standard InChI is InChI=1S/C8H10N4O/c1-5(2)7-11-12-8(13-7)6-3-9-4-10-6/h3-5H,1-2H3,(H,9,10). The van der Waals surface area contributed by atoms with Gasteiger partial charge < -0.3 is 9.40 Å². The van der Waals surface area contributed by atoms with Crippen molar-refractivity contribution >= 4 is 0 Å². The van der Waals surface area contributed by atoms with Crippen molar-refractivity contribution in [1.29, 1.82) is 0 Å². The Morgan fingerprint density at radius 2 is 2.23 bits per heavy atom. The second-order valence-electron chi connectivity index (χ2n) is 3.07. The van der Waals surface area contributed by atoms with Gasteiger partial charge in [0, 0.05) is 5.92 Å². The predicted octanol–water partition coefficient (Wildman–Crippen LogP) is 1.58. The van der Waals surface area contributed by atoms with E-state index in [1.54, 1.807) is 12.5 Å². The smallest absolute Gasteiger partial charge is 0.265 e. The molecule has 0 aliphatic carbocycles. The highest BCUT2D eigenvalue weighted by molar-refractivity contribution is 5.43. The molecule has 1 N–H and O–H groups in total. The lowest BCUT2D eigenvalue weighted by molar-refractivity contribution is 0.480. The number of aromatic amines is 1. The summed E-state index contributed by atoms with van der Waals surface area (Å²) in [6.45, 7) is 4.01. The predicted molar refractivity (Wildman–Crippen MR) is 46.0 cm³/mol.